The number of unbranched alkanes of at least 4 members (excludes halogenated alkanes) is 3. The van der Waals surface area contributed by atoms with Crippen molar-refractivity contribution in [3.8, 4) is 0 Å². The van der Waals surface area contributed by atoms with E-state index in [1.807, 2.05) is 0 Å². The topological polar surface area (TPSA) is 60.2 Å². The summed E-state index contributed by atoms with van der Waals surface area (Å²) in [5, 5.41) is 5.12. The van der Waals surface area contributed by atoms with E-state index in [1.54, 1.807) is 0 Å². The van der Waals surface area contributed by atoms with E-state index in [1.165, 1.54) is 68.0 Å². The molecule has 1 atom stereocenters. The van der Waals surface area contributed by atoms with Crippen LogP contribution in [0.5, 0.6) is 0 Å². The molecule has 0 N–H and O–H groups in total. The fourth-order valence-corrected chi connectivity index (χ4v) is 9.14. The molecule has 0 saturated carbocycles. The number of allylic oxidation sites excluding steroid dienone is 8. The molecule has 0 bridgehead atoms. The molecule has 1 unspecified atom stereocenters. The molecule has 260 valence electrons. The summed E-state index contributed by atoms with van der Waals surface area (Å²) in [4.78, 5) is 0. The van der Waals surface area contributed by atoms with Gasteiger partial charge in [-0.1, -0.05) is 136 Å². The van der Waals surface area contributed by atoms with Crippen molar-refractivity contribution in [1.82, 2.24) is 0 Å². The Kier molecular flexibility index (Phi) is 12.5. The number of fused-ring (bicyclic) bond motifs is 6. The third kappa shape index (κ3) is 8.14. The summed E-state index contributed by atoms with van der Waals surface area (Å²) in [6.45, 7) is 12.6. The molecular weight excluding hydrogens is 658 g/mol. The zero-order chi connectivity index (χ0) is 35.5. The predicted molar refractivity (Wildman–Crippen MR) is 210 cm³/mol. The van der Waals surface area contributed by atoms with Crippen LogP contribution in [0.25, 0.3) is 21.5 Å². The van der Waals surface area contributed by atoms with E-state index in [4.69, 9.17) is 0 Å². The second-order valence-corrected chi connectivity index (χ2v) is 16.5. The molecule has 4 aromatic rings. The van der Waals surface area contributed by atoms with Crippen LogP contribution >= 0.6 is 0 Å². The van der Waals surface area contributed by atoms with E-state index < -0.39 is 10.1 Å². The summed E-state index contributed by atoms with van der Waals surface area (Å²) in [6.07, 6.45) is 20.6. The largest absolute Gasteiger partial charge is 1.00 e. The van der Waals surface area contributed by atoms with Crippen molar-refractivity contribution in [3.63, 3.8) is 0 Å². The predicted octanol–water partition coefficient (Wildman–Crippen LogP) is 7.95. The van der Waals surface area contributed by atoms with Gasteiger partial charge in [-0.05, 0) is 71.8 Å². The third-order valence-corrected chi connectivity index (χ3v) is 11.7. The first-order valence-corrected chi connectivity index (χ1v) is 19.9. The van der Waals surface area contributed by atoms with E-state index >= 15 is 0 Å². The summed E-state index contributed by atoms with van der Waals surface area (Å²) in [7, 11) is -4.21. The molecule has 6 rings (SSSR count). The minimum absolute atomic E-state index is 0. The molecule has 1 aliphatic carbocycles. The van der Waals surface area contributed by atoms with Crippen molar-refractivity contribution in [2.45, 2.75) is 89.9 Å². The fraction of sp³-hybridized carbons (Fsp3) is 0.356. The molecular formula is C45H51NNaO3S+. The van der Waals surface area contributed by atoms with Gasteiger partial charge in [-0.25, -0.2) is 8.42 Å². The van der Waals surface area contributed by atoms with Crippen LogP contribution in [0.15, 0.2) is 121 Å². The number of hydrogen-bond donors (Lipinski definition) is 0. The Morgan fingerprint density at radius 3 is 2.04 bits per heavy atom. The van der Waals surface area contributed by atoms with Gasteiger partial charge in [0, 0.05) is 41.2 Å². The Bertz CT molecular complexity index is 2170. The number of benzene rings is 4. The summed E-state index contributed by atoms with van der Waals surface area (Å²) < 4.78 is 36.4. The smallest absolute Gasteiger partial charge is 0.748 e. The normalized spacial score (nSPS) is 18.9. The first kappa shape index (κ1) is 39.2. The van der Waals surface area contributed by atoms with E-state index in [2.05, 4.69) is 155 Å². The van der Waals surface area contributed by atoms with Gasteiger partial charge in [-0.3, -0.25) is 0 Å². The molecule has 4 aromatic carbocycles. The van der Waals surface area contributed by atoms with Gasteiger partial charge < -0.3 is 4.55 Å². The minimum atomic E-state index is -4.21. The van der Waals surface area contributed by atoms with Crippen molar-refractivity contribution >= 4 is 43.1 Å². The van der Waals surface area contributed by atoms with Crippen molar-refractivity contribution in [2.75, 3.05) is 12.3 Å². The standard InChI is InChI=1S/C45H51NO3S.Na/c1-6-7-18-31-46-40-30-28-34-21-14-16-23-36(34)43(40)45(4,5)41(46)26-12-10-8-9-11-25-39-37(24-17-19-32-50(47,48)49)38-29-27-33-20-13-15-22-35(33)42(38)44(39,2)3;/h8-16,20-23,25-30,37H,6-7,17-19,24,31-32H2,1-5H3;/q;+1/b10-8+,11-9+,26-12+,39-25-;. The maximum absolute atomic E-state index is 11.3. The van der Waals surface area contributed by atoms with Crippen LogP contribution in [-0.4, -0.2) is 35.6 Å². The number of nitrogens with zero attached hydrogens (tertiary/aromatic N) is 1. The Morgan fingerprint density at radius 1 is 0.725 bits per heavy atom. The Morgan fingerprint density at radius 2 is 1.35 bits per heavy atom. The Labute approximate surface area is 327 Å². The van der Waals surface area contributed by atoms with Crippen LogP contribution in [0.1, 0.15) is 95.8 Å². The summed E-state index contributed by atoms with van der Waals surface area (Å²) in [5.41, 5.74) is 7.76. The molecule has 6 heteroatoms. The van der Waals surface area contributed by atoms with E-state index in [9.17, 15) is 13.0 Å². The van der Waals surface area contributed by atoms with E-state index in [0.29, 0.717) is 12.8 Å². The average molecular weight is 709 g/mol. The van der Waals surface area contributed by atoms with Gasteiger partial charge >= 0.3 is 29.6 Å². The van der Waals surface area contributed by atoms with Gasteiger partial charge in [0.1, 0.15) is 6.54 Å². The number of rotatable bonds is 13. The van der Waals surface area contributed by atoms with Crippen molar-refractivity contribution in [2.24, 2.45) is 0 Å². The average Bonchev–Trinajstić information content (AvgIpc) is 3.44. The van der Waals surface area contributed by atoms with Crippen molar-refractivity contribution < 1.29 is 47.1 Å². The van der Waals surface area contributed by atoms with Crippen LogP contribution in [-0.2, 0) is 20.9 Å². The molecule has 2 aliphatic rings. The maximum atomic E-state index is 11.3. The first-order valence-electron chi connectivity index (χ1n) is 18.3. The van der Waals surface area contributed by atoms with Crippen molar-refractivity contribution in [3.05, 3.63) is 138 Å². The quantitative estimate of drug-likeness (QED) is 0.0466. The molecule has 51 heavy (non-hydrogen) atoms. The van der Waals surface area contributed by atoms with Gasteiger partial charge in [-0.15, -0.1) is 0 Å². The van der Waals surface area contributed by atoms with Gasteiger partial charge in [-0.2, -0.15) is 4.58 Å². The Balaban J connectivity index is 0.00000504. The van der Waals surface area contributed by atoms with Crippen LogP contribution < -0.4 is 29.6 Å². The zero-order valence-electron chi connectivity index (χ0n) is 31.3. The van der Waals surface area contributed by atoms with Gasteiger partial charge in [0.15, 0.2) is 5.71 Å². The van der Waals surface area contributed by atoms with Gasteiger partial charge in [0.25, 0.3) is 0 Å². The SMILES string of the molecule is CCCCC[N+]1=C(/C=C/C=C/C=C/C=C2/C(CCCCS(=O)(=O)[O-])c3ccc4ccccc4c3C2(C)C)C(C)(C)c2c1ccc1ccccc21.[Na+]. The molecule has 0 spiro atoms. The summed E-state index contributed by atoms with van der Waals surface area (Å²) >= 11 is 0. The monoisotopic (exact) mass is 708 g/mol. The first-order chi connectivity index (χ1) is 23.9. The molecule has 0 aromatic heterocycles. The van der Waals surface area contributed by atoms with Crippen LogP contribution in [0, 0.1) is 0 Å². The second-order valence-electron chi connectivity index (χ2n) is 15.0. The minimum Gasteiger partial charge on any atom is -0.748 e. The molecule has 0 saturated heterocycles. The molecule has 0 radical (unpaired) electrons. The van der Waals surface area contributed by atoms with E-state index in [-0.39, 0.29) is 52.1 Å². The van der Waals surface area contributed by atoms with Crippen LogP contribution in [0.2, 0.25) is 0 Å². The Hall–Kier alpha value is -3.06. The van der Waals surface area contributed by atoms with Crippen LogP contribution in [0.4, 0.5) is 5.69 Å². The zero-order valence-corrected chi connectivity index (χ0v) is 34.1. The molecule has 0 amide bonds. The van der Waals surface area contributed by atoms with Gasteiger partial charge in [0.05, 0.1) is 15.5 Å². The molecule has 1 aliphatic heterocycles. The van der Waals surface area contributed by atoms with E-state index in [0.717, 1.165) is 19.4 Å². The molecule has 0 fully saturated rings. The summed E-state index contributed by atoms with van der Waals surface area (Å²) in [5.74, 6) is -0.134. The van der Waals surface area contributed by atoms with Gasteiger partial charge in [0.2, 0.25) is 5.69 Å². The van der Waals surface area contributed by atoms with Crippen molar-refractivity contribution in [1.29, 1.82) is 0 Å². The van der Waals surface area contributed by atoms with Crippen LogP contribution in [0.3, 0.4) is 0 Å². The number of hydrogen-bond acceptors (Lipinski definition) is 3. The second kappa shape index (κ2) is 16.3. The molecule has 1 heterocycles. The maximum Gasteiger partial charge on any atom is 1.00 e. The molecule has 4 nitrogen and oxygen atoms in total. The third-order valence-electron chi connectivity index (χ3n) is 10.9. The fourth-order valence-electron chi connectivity index (χ4n) is 8.58. The summed E-state index contributed by atoms with van der Waals surface area (Å²) in [6, 6.07) is 26.3.